The highest BCUT2D eigenvalue weighted by Gasteiger charge is 2.20. The second-order valence-electron chi connectivity index (χ2n) is 14.5. The molecule has 0 aliphatic carbocycles. The van der Waals surface area contributed by atoms with E-state index < -0.39 is 0 Å². The summed E-state index contributed by atoms with van der Waals surface area (Å²) in [6.07, 6.45) is 0. The first-order chi connectivity index (χ1) is 28.3. The van der Waals surface area contributed by atoms with Gasteiger partial charge in [0.05, 0.1) is 11.0 Å². The molecular formula is C54H36N2S. The van der Waals surface area contributed by atoms with Crippen LogP contribution >= 0.6 is 11.3 Å². The molecule has 0 radical (unpaired) electrons. The zero-order chi connectivity index (χ0) is 37.7. The Bertz CT molecular complexity index is 3200. The summed E-state index contributed by atoms with van der Waals surface area (Å²) in [6.45, 7) is 0. The predicted molar refractivity (Wildman–Crippen MR) is 245 cm³/mol. The first-order valence-electron chi connectivity index (χ1n) is 19.4. The van der Waals surface area contributed by atoms with Gasteiger partial charge in [0.25, 0.3) is 0 Å². The van der Waals surface area contributed by atoms with Gasteiger partial charge in [0.15, 0.2) is 0 Å². The molecule has 0 saturated carbocycles. The Labute approximate surface area is 335 Å². The number of benzene rings is 9. The molecule has 0 bridgehead atoms. The SMILES string of the molecule is c1ccc(-c2ccc(N(c3ccc(-c4ccc5sc6ccccc6c5c4)cc3)c3ccc4c5c(-c6ccccc6)cccc5n(-c5ccccc5)c4c3)cc2)cc1. The summed E-state index contributed by atoms with van der Waals surface area (Å²) < 4.78 is 5.07. The standard InChI is InChI=1S/C54H36N2S/c1-4-13-37(14-5-1)38-23-28-43(29-24-38)55(44-30-25-39(26-31-44)41-27-34-53-49(35-41)47-19-10-11-22-52(47)57-53)45-32-33-48-51(36-45)56(42-17-8-3-9-18-42)50-21-12-20-46(54(48)50)40-15-6-2-7-16-40/h1-36H. The quantitative estimate of drug-likeness (QED) is 0.158. The Morgan fingerprint density at radius 1 is 0.333 bits per heavy atom. The van der Waals surface area contributed by atoms with E-state index in [1.54, 1.807) is 0 Å². The largest absolute Gasteiger partial charge is 0.310 e. The van der Waals surface area contributed by atoms with Gasteiger partial charge in [-0.05, 0) is 106 Å². The summed E-state index contributed by atoms with van der Waals surface area (Å²) in [5.74, 6) is 0. The molecule has 3 heteroatoms. The molecule has 11 aromatic rings. The Morgan fingerprint density at radius 2 is 0.895 bits per heavy atom. The second kappa shape index (κ2) is 13.8. The van der Waals surface area contributed by atoms with Crippen molar-refractivity contribution in [3.05, 3.63) is 218 Å². The molecule has 268 valence electrons. The van der Waals surface area contributed by atoms with Crippen molar-refractivity contribution in [1.29, 1.82) is 0 Å². The van der Waals surface area contributed by atoms with E-state index >= 15 is 0 Å². The maximum Gasteiger partial charge on any atom is 0.0562 e. The highest BCUT2D eigenvalue weighted by atomic mass is 32.1. The van der Waals surface area contributed by atoms with Crippen molar-refractivity contribution in [1.82, 2.24) is 4.57 Å². The highest BCUT2D eigenvalue weighted by molar-refractivity contribution is 7.25. The van der Waals surface area contributed by atoms with E-state index in [9.17, 15) is 0 Å². The third-order valence-corrected chi connectivity index (χ3v) is 12.4. The number of thiophene rings is 1. The Morgan fingerprint density at radius 3 is 1.61 bits per heavy atom. The number of hydrogen-bond donors (Lipinski definition) is 0. The van der Waals surface area contributed by atoms with Crippen LogP contribution in [0.5, 0.6) is 0 Å². The number of anilines is 3. The smallest absolute Gasteiger partial charge is 0.0562 e. The zero-order valence-electron chi connectivity index (χ0n) is 31.1. The third-order valence-electron chi connectivity index (χ3n) is 11.2. The molecule has 0 N–H and O–H groups in total. The Balaban J connectivity index is 1.08. The third kappa shape index (κ3) is 5.80. The van der Waals surface area contributed by atoms with Crippen LogP contribution in [0.2, 0.25) is 0 Å². The van der Waals surface area contributed by atoms with Gasteiger partial charge in [-0.25, -0.2) is 0 Å². The van der Waals surface area contributed by atoms with Crippen LogP contribution in [0.1, 0.15) is 0 Å². The molecule has 0 amide bonds. The van der Waals surface area contributed by atoms with Gasteiger partial charge in [-0.2, -0.15) is 0 Å². The number of fused-ring (bicyclic) bond motifs is 6. The number of para-hydroxylation sites is 1. The van der Waals surface area contributed by atoms with Crippen LogP contribution in [0.25, 0.3) is 81.0 Å². The molecule has 9 aromatic carbocycles. The topological polar surface area (TPSA) is 8.17 Å². The van der Waals surface area contributed by atoms with Crippen LogP contribution in [-0.2, 0) is 0 Å². The predicted octanol–water partition coefficient (Wildman–Crippen LogP) is 15.6. The summed E-state index contributed by atoms with van der Waals surface area (Å²) in [5.41, 5.74) is 14.0. The van der Waals surface area contributed by atoms with Gasteiger partial charge >= 0.3 is 0 Å². The molecule has 2 heterocycles. The van der Waals surface area contributed by atoms with E-state index in [0.717, 1.165) is 28.3 Å². The van der Waals surface area contributed by atoms with Crippen molar-refractivity contribution in [3.63, 3.8) is 0 Å². The summed E-state index contributed by atoms with van der Waals surface area (Å²) >= 11 is 1.86. The van der Waals surface area contributed by atoms with Crippen LogP contribution in [0.4, 0.5) is 17.1 Å². The lowest BCUT2D eigenvalue weighted by atomic mass is 9.99. The van der Waals surface area contributed by atoms with Crippen molar-refractivity contribution < 1.29 is 0 Å². The molecule has 0 aliphatic rings. The van der Waals surface area contributed by atoms with Crippen molar-refractivity contribution in [2.24, 2.45) is 0 Å². The van der Waals surface area contributed by atoms with Crippen molar-refractivity contribution >= 4 is 70.4 Å². The van der Waals surface area contributed by atoms with Gasteiger partial charge in [-0.3, -0.25) is 0 Å². The molecular weight excluding hydrogens is 709 g/mol. The fraction of sp³-hybridized carbons (Fsp3) is 0. The second-order valence-corrected chi connectivity index (χ2v) is 15.6. The number of hydrogen-bond acceptors (Lipinski definition) is 2. The molecule has 11 rings (SSSR count). The van der Waals surface area contributed by atoms with Crippen LogP contribution in [-0.4, -0.2) is 4.57 Å². The molecule has 0 saturated heterocycles. The molecule has 2 nitrogen and oxygen atoms in total. The van der Waals surface area contributed by atoms with E-state index in [1.165, 1.54) is 69.8 Å². The minimum absolute atomic E-state index is 1.09. The molecule has 57 heavy (non-hydrogen) atoms. The maximum absolute atomic E-state index is 2.42. The molecule has 0 unspecified atom stereocenters. The highest BCUT2D eigenvalue weighted by Crippen LogP contribution is 2.43. The van der Waals surface area contributed by atoms with E-state index in [-0.39, 0.29) is 0 Å². The monoisotopic (exact) mass is 744 g/mol. The average molecular weight is 745 g/mol. The minimum atomic E-state index is 1.09. The summed E-state index contributed by atoms with van der Waals surface area (Å²) in [6, 6.07) is 79.4. The normalized spacial score (nSPS) is 11.5. The maximum atomic E-state index is 2.42. The molecule has 0 aliphatic heterocycles. The summed E-state index contributed by atoms with van der Waals surface area (Å²) in [4.78, 5) is 2.39. The van der Waals surface area contributed by atoms with Crippen molar-refractivity contribution in [3.8, 4) is 39.1 Å². The Hall–Kier alpha value is -7.20. The number of aromatic nitrogens is 1. The van der Waals surface area contributed by atoms with Gasteiger partial charge in [-0.1, -0.05) is 146 Å². The van der Waals surface area contributed by atoms with Crippen molar-refractivity contribution in [2.45, 2.75) is 0 Å². The lowest BCUT2D eigenvalue weighted by Gasteiger charge is -2.26. The first-order valence-corrected chi connectivity index (χ1v) is 20.2. The van der Waals surface area contributed by atoms with Crippen LogP contribution in [0.15, 0.2) is 218 Å². The summed E-state index contributed by atoms with van der Waals surface area (Å²) in [7, 11) is 0. The number of rotatable bonds is 7. The van der Waals surface area contributed by atoms with E-state index in [1.807, 2.05) is 11.3 Å². The Kier molecular flexibility index (Phi) is 8.04. The van der Waals surface area contributed by atoms with E-state index in [2.05, 4.69) is 228 Å². The van der Waals surface area contributed by atoms with Crippen LogP contribution in [0.3, 0.4) is 0 Å². The van der Waals surface area contributed by atoms with Gasteiger partial charge in [-0.15, -0.1) is 11.3 Å². The first kappa shape index (κ1) is 33.2. The average Bonchev–Trinajstić information content (AvgIpc) is 3.83. The fourth-order valence-electron chi connectivity index (χ4n) is 8.50. The van der Waals surface area contributed by atoms with Crippen LogP contribution in [0, 0.1) is 0 Å². The van der Waals surface area contributed by atoms with Gasteiger partial charge in [0.1, 0.15) is 0 Å². The molecule has 2 aromatic heterocycles. The van der Waals surface area contributed by atoms with Crippen molar-refractivity contribution in [2.75, 3.05) is 4.90 Å². The lowest BCUT2D eigenvalue weighted by Crippen LogP contribution is -2.10. The van der Waals surface area contributed by atoms with Crippen LogP contribution < -0.4 is 4.90 Å². The molecule has 0 atom stereocenters. The van der Waals surface area contributed by atoms with E-state index in [4.69, 9.17) is 0 Å². The fourth-order valence-corrected chi connectivity index (χ4v) is 9.58. The lowest BCUT2D eigenvalue weighted by molar-refractivity contribution is 1.18. The summed E-state index contributed by atoms with van der Waals surface area (Å²) in [5, 5.41) is 5.12. The van der Waals surface area contributed by atoms with E-state index in [0.29, 0.717) is 0 Å². The minimum Gasteiger partial charge on any atom is -0.310 e. The zero-order valence-corrected chi connectivity index (χ0v) is 31.9. The number of nitrogens with zero attached hydrogens (tertiary/aromatic N) is 2. The molecule has 0 fully saturated rings. The van der Waals surface area contributed by atoms with Gasteiger partial charge in [0.2, 0.25) is 0 Å². The van der Waals surface area contributed by atoms with Gasteiger partial charge < -0.3 is 9.47 Å². The van der Waals surface area contributed by atoms with Gasteiger partial charge in [0, 0.05) is 53.7 Å². The molecule has 0 spiro atoms.